The molecule has 0 heterocycles. The first-order chi connectivity index (χ1) is 10.4. The van der Waals surface area contributed by atoms with Crippen molar-refractivity contribution in [2.45, 2.75) is 65.5 Å². The van der Waals surface area contributed by atoms with Crippen molar-refractivity contribution in [2.24, 2.45) is 28.6 Å². The molecule has 0 unspecified atom stereocenters. The minimum Gasteiger partial charge on any atom is -0.511 e. The van der Waals surface area contributed by atoms with Crippen LogP contribution < -0.4 is 0 Å². The molecule has 4 aliphatic carbocycles. The highest BCUT2D eigenvalue weighted by atomic mass is 19.4. The molecular weight excluding hydrogens is 305 g/mol. The van der Waals surface area contributed by atoms with E-state index >= 15 is 0 Å². The Hall–Kier alpha value is -1.00. The first-order valence-corrected chi connectivity index (χ1v) is 8.48. The van der Waals surface area contributed by atoms with Crippen LogP contribution >= 0.6 is 0 Å². The Balaban J connectivity index is 2.11. The third kappa shape index (κ3) is 2.80. The van der Waals surface area contributed by atoms with Gasteiger partial charge in [-0.3, -0.25) is 4.79 Å². The predicted octanol–water partition coefficient (Wildman–Crippen LogP) is 5.19. The van der Waals surface area contributed by atoms with Crippen LogP contribution in [0.2, 0.25) is 0 Å². The van der Waals surface area contributed by atoms with Gasteiger partial charge in [-0.15, -0.1) is 0 Å². The minimum atomic E-state index is -4.93. The molecule has 4 bridgehead atoms. The average Bonchev–Trinajstić information content (AvgIpc) is 2.34. The first-order valence-electron chi connectivity index (χ1n) is 8.48. The Kier molecular flexibility index (Phi) is 3.66. The summed E-state index contributed by atoms with van der Waals surface area (Å²) in [5, 5.41) is 10.6. The van der Waals surface area contributed by atoms with Crippen LogP contribution in [0.25, 0.3) is 0 Å². The SMILES string of the molecule is CC(C)(C)/C(O)=C(\C(=O)C(F)(F)F)C12CC3CC(CC(C3)C1)C2. The fraction of sp³-hybridized carbons (Fsp3) is 0.833. The summed E-state index contributed by atoms with van der Waals surface area (Å²) in [6.45, 7) is 4.98. The monoisotopic (exact) mass is 330 g/mol. The number of carbonyl (C=O) groups excluding carboxylic acids is 1. The number of aliphatic hydroxyl groups excluding tert-OH is 1. The number of hydrogen-bond donors (Lipinski definition) is 1. The number of Topliss-reactive ketones (excluding diaryl/α,β-unsaturated/α-hetero) is 1. The molecule has 4 rings (SSSR count). The summed E-state index contributed by atoms with van der Waals surface area (Å²) in [7, 11) is 0. The quantitative estimate of drug-likeness (QED) is 0.558. The maximum atomic E-state index is 13.2. The van der Waals surface area contributed by atoms with Gasteiger partial charge in [0.25, 0.3) is 5.78 Å². The standard InChI is InChI=1S/C18H25F3O2/c1-16(2,3)14(22)13(15(23)18(19,20)21)17-7-10-4-11(8-17)6-12(5-10)9-17/h10-12,22H,4-9H2,1-3H3/b14-13-. The Morgan fingerprint density at radius 2 is 1.35 bits per heavy atom. The summed E-state index contributed by atoms with van der Waals surface area (Å²) >= 11 is 0. The van der Waals surface area contributed by atoms with Crippen molar-refractivity contribution in [3.63, 3.8) is 0 Å². The molecule has 0 saturated heterocycles. The van der Waals surface area contributed by atoms with E-state index in [1.807, 2.05) is 0 Å². The van der Waals surface area contributed by atoms with Gasteiger partial charge < -0.3 is 5.11 Å². The number of rotatable bonds is 2. The number of carbonyl (C=O) groups is 1. The van der Waals surface area contributed by atoms with Gasteiger partial charge in [0.05, 0.1) is 0 Å². The lowest BCUT2D eigenvalue weighted by molar-refractivity contribution is -0.170. The zero-order valence-corrected chi connectivity index (χ0v) is 14.0. The normalized spacial score (nSPS) is 37.7. The van der Waals surface area contributed by atoms with Crippen LogP contribution in [0.15, 0.2) is 11.3 Å². The Labute approximate surface area is 135 Å². The van der Waals surface area contributed by atoms with Crippen LogP contribution in [0, 0.1) is 28.6 Å². The van der Waals surface area contributed by atoms with Gasteiger partial charge in [0.15, 0.2) is 0 Å². The second kappa shape index (κ2) is 5.00. The van der Waals surface area contributed by atoms with Crippen molar-refractivity contribution in [3.8, 4) is 0 Å². The maximum absolute atomic E-state index is 13.2. The van der Waals surface area contributed by atoms with Gasteiger partial charge in [-0.25, -0.2) is 0 Å². The van der Waals surface area contributed by atoms with E-state index in [2.05, 4.69) is 0 Å². The van der Waals surface area contributed by atoms with Gasteiger partial charge in [0.1, 0.15) is 5.76 Å². The molecule has 0 aliphatic heterocycles. The number of alkyl halides is 3. The van der Waals surface area contributed by atoms with Crippen molar-refractivity contribution >= 4 is 5.78 Å². The molecule has 4 aliphatic rings. The van der Waals surface area contributed by atoms with Crippen LogP contribution in [-0.4, -0.2) is 17.1 Å². The van der Waals surface area contributed by atoms with Gasteiger partial charge in [0.2, 0.25) is 0 Å². The molecule has 0 atom stereocenters. The summed E-state index contributed by atoms with van der Waals surface area (Å²) in [5.41, 5.74) is -1.95. The van der Waals surface area contributed by atoms with Crippen LogP contribution in [0.4, 0.5) is 13.2 Å². The molecule has 2 nitrogen and oxygen atoms in total. The van der Waals surface area contributed by atoms with E-state index in [1.54, 1.807) is 20.8 Å². The lowest BCUT2D eigenvalue weighted by Crippen LogP contribution is -2.50. The lowest BCUT2D eigenvalue weighted by Gasteiger charge is -2.57. The van der Waals surface area contributed by atoms with E-state index in [4.69, 9.17) is 0 Å². The topological polar surface area (TPSA) is 37.3 Å². The van der Waals surface area contributed by atoms with E-state index in [0.717, 1.165) is 19.3 Å². The molecule has 0 radical (unpaired) electrons. The van der Waals surface area contributed by atoms with E-state index in [-0.39, 0.29) is 11.3 Å². The number of ketones is 1. The molecular formula is C18H25F3O2. The van der Waals surface area contributed by atoms with Gasteiger partial charge in [0, 0.05) is 16.4 Å². The summed E-state index contributed by atoms with van der Waals surface area (Å²) in [5.74, 6) is -0.964. The third-order valence-corrected chi connectivity index (χ3v) is 6.00. The fourth-order valence-electron chi connectivity index (χ4n) is 5.53. The smallest absolute Gasteiger partial charge is 0.454 e. The molecule has 5 heteroatoms. The van der Waals surface area contributed by atoms with E-state index in [9.17, 15) is 23.1 Å². The fourth-order valence-corrected chi connectivity index (χ4v) is 5.53. The Morgan fingerprint density at radius 1 is 0.957 bits per heavy atom. The van der Waals surface area contributed by atoms with Crippen LogP contribution in [0.5, 0.6) is 0 Å². The molecule has 4 saturated carbocycles. The number of allylic oxidation sites excluding steroid dienone is 2. The molecule has 23 heavy (non-hydrogen) atoms. The van der Waals surface area contributed by atoms with E-state index in [0.29, 0.717) is 37.0 Å². The van der Waals surface area contributed by atoms with E-state index < -0.39 is 22.8 Å². The summed E-state index contributed by atoms with van der Waals surface area (Å²) in [6.07, 6.45) is 0.149. The highest BCUT2D eigenvalue weighted by Gasteiger charge is 2.58. The highest BCUT2D eigenvalue weighted by Crippen LogP contribution is 2.64. The molecule has 4 fully saturated rings. The van der Waals surface area contributed by atoms with Crippen LogP contribution in [0.3, 0.4) is 0 Å². The summed E-state index contributed by atoms with van der Waals surface area (Å²) in [6, 6.07) is 0. The van der Waals surface area contributed by atoms with Crippen molar-refractivity contribution in [1.29, 1.82) is 0 Å². The van der Waals surface area contributed by atoms with Crippen molar-refractivity contribution in [1.82, 2.24) is 0 Å². The van der Waals surface area contributed by atoms with Gasteiger partial charge in [-0.2, -0.15) is 13.2 Å². The second-order valence-electron chi connectivity index (χ2n) is 9.00. The maximum Gasteiger partial charge on any atom is 0.454 e. The number of halogens is 3. The van der Waals surface area contributed by atoms with Crippen molar-refractivity contribution < 1.29 is 23.1 Å². The summed E-state index contributed by atoms with van der Waals surface area (Å²) < 4.78 is 39.7. The molecule has 0 aromatic carbocycles. The molecule has 0 spiro atoms. The van der Waals surface area contributed by atoms with Gasteiger partial charge in [-0.05, 0) is 56.3 Å². The van der Waals surface area contributed by atoms with E-state index in [1.165, 1.54) is 0 Å². The lowest BCUT2D eigenvalue weighted by atomic mass is 9.47. The van der Waals surface area contributed by atoms with Crippen LogP contribution in [0.1, 0.15) is 59.3 Å². The average molecular weight is 330 g/mol. The molecule has 0 aromatic rings. The Morgan fingerprint density at radius 3 is 1.65 bits per heavy atom. The Bertz CT molecular complexity index is 516. The largest absolute Gasteiger partial charge is 0.511 e. The molecule has 1 N–H and O–H groups in total. The molecule has 130 valence electrons. The zero-order valence-electron chi connectivity index (χ0n) is 14.0. The molecule has 0 aromatic heterocycles. The minimum absolute atomic E-state index is 0.323. The van der Waals surface area contributed by atoms with Crippen LogP contribution in [-0.2, 0) is 4.79 Å². The molecule has 0 amide bonds. The highest BCUT2D eigenvalue weighted by molar-refractivity contribution is 6.01. The second-order valence-corrected chi connectivity index (χ2v) is 9.00. The third-order valence-electron chi connectivity index (χ3n) is 6.00. The van der Waals surface area contributed by atoms with Gasteiger partial charge in [-0.1, -0.05) is 20.8 Å². The number of hydrogen-bond acceptors (Lipinski definition) is 2. The summed E-state index contributed by atoms with van der Waals surface area (Å²) in [4.78, 5) is 12.2. The first kappa shape index (κ1) is 16.8. The zero-order chi connectivity index (χ0) is 17.2. The van der Waals surface area contributed by atoms with Gasteiger partial charge >= 0.3 is 6.18 Å². The van der Waals surface area contributed by atoms with Crippen molar-refractivity contribution in [3.05, 3.63) is 11.3 Å². The van der Waals surface area contributed by atoms with Crippen molar-refractivity contribution in [2.75, 3.05) is 0 Å². The number of aliphatic hydroxyl groups is 1. The predicted molar refractivity (Wildman–Crippen MR) is 80.8 cm³/mol.